The second-order valence-electron chi connectivity index (χ2n) is 7.79. The number of carbonyl (C=O) groups is 2. The van der Waals surface area contributed by atoms with Crippen LogP contribution >= 0.6 is 0 Å². The third-order valence-corrected chi connectivity index (χ3v) is 5.86. The molecule has 1 aliphatic rings. The Bertz CT molecular complexity index is 896. The van der Waals surface area contributed by atoms with Crippen LogP contribution in [0.2, 0.25) is 0 Å². The summed E-state index contributed by atoms with van der Waals surface area (Å²) in [7, 11) is 1.54. The number of anilines is 2. The maximum atomic E-state index is 13.2. The van der Waals surface area contributed by atoms with Crippen LogP contribution in [0.15, 0.2) is 48.5 Å². The Morgan fingerprint density at radius 2 is 1.69 bits per heavy atom. The molecule has 0 saturated carbocycles. The van der Waals surface area contributed by atoms with Crippen molar-refractivity contribution in [3.8, 4) is 0 Å². The van der Waals surface area contributed by atoms with E-state index in [0.29, 0.717) is 18.5 Å². The molecule has 0 radical (unpaired) electrons. The molecule has 7 heteroatoms. The first-order valence-corrected chi connectivity index (χ1v) is 11.2. The van der Waals surface area contributed by atoms with E-state index in [9.17, 15) is 9.59 Å². The van der Waals surface area contributed by atoms with Crippen LogP contribution in [-0.4, -0.2) is 56.5 Å². The van der Waals surface area contributed by atoms with Gasteiger partial charge in [0.15, 0.2) is 0 Å². The number of methoxy groups -OCH3 is 1. The number of aryl methyl sites for hydroxylation is 1. The molecule has 7 nitrogen and oxygen atoms in total. The van der Waals surface area contributed by atoms with E-state index in [1.165, 1.54) is 17.6 Å². The number of imide groups is 1. The van der Waals surface area contributed by atoms with Crippen molar-refractivity contribution in [1.82, 2.24) is 4.90 Å². The molecule has 2 aromatic carbocycles. The Kier molecular flexibility index (Phi) is 8.50. The first kappa shape index (κ1) is 23.6. The third kappa shape index (κ3) is 5.79. The number of fused-ring (bicyclic) bond motifs is 1. The number of hydrogen-bond acceptors (Lipinski definition) is 5. The zero-order valence-corrected chi connectivity index (χ0v) is 19.2. The fourth-order valence-electron chi connectivity index (χ4n) is 4.11. The summed E-state index contributed by atoms with van der Waals surface area (Å²) < 4.78 is 10.3. The van der Waals surface area contributed by atoms with Crippen molar-refractivity contribution in [1.29, 1.82) is 0 Å². The summed E-state index contributed by atoms with van der Waals surface area (Å²) in [5.41, 5.74) is 4.16. The van der Waals surface area contributed by atoms with E-state index < -0.39 is 12.1 Å². The molecular weight excluding hydrogens is 406 g/mol. The minimum Gasteiger partial charge on any atom is -0.447 e. The number of rotatable bonds is 8. The second kappa shape index (κ2) is 11.5. The smallest absolute Gasteiger partial charge is 0.418 e. The molecule has 0 heterocycles. The Hall–Kier alpha value is -3.06. The summed E-state index contributed by atoms with van der Waals surface area (Å²) >= 11 is 0. The second-order valence-corrected chi connectivity index (χ2v) is 7.79. The van der Waals surface area contributed by atoms with Gasteiger partial charge in [-0.1, -0.05) is 24.3 Å². The molecule has 2 aromatic rings. The molecule has 1 unspecified atom stereocenters. The molecule has 1 atom stereocenters. The lowest BCUT2D eigenvalue weighted by Crippen LogP contribution is -2.49. The highest BCUT2D eigenvalue weighted by atomic mass is 16.6. The largest absolute Gasteiger partial charge is 0.447 e. The minimum atomic E-state index is -0.649. The number of benzene rings is 2. The van der Waals surface area contributed by atoms with Crippen LogP contribution in [0, 0.1) is 0 Å². The Morgan fingerprint density at radius 3 is 2.34 bits per heavy atom. The molecule has 0 aromatic heterocycles. The summed E-state index contributed by atoms with van der Waals surface area (Å²) in [5.74, 6) is 0. The number of hydrogen-bond donors (Lipinski definition) is 1. The van der Waals surface area contributed by atoms with E-state index in [1.54, 1.807) is 0 Å². The molecule has 1 N–H and O–H groups in total. The Balaban J connectivity index is 1.75. The highest BCUT2D eigenvalue weighted by Gasteiger charge is 2.33. The molecule has 0 spiro atoms. The van der Waals surface area contributed by atoms with Gasteiger partial charge in [0, 0.05) is 37.6 Å². The highest BCUT2D eigenvalue weighted by Crippen LogP contribution is 2.26. The van der Waals surface area contributed by atoms with Gasteiger partial charge in [-0.25, -0.2) is 14.5 Å². The lowest BCUT2D eigenvalue weighted by molar-refractivity contribution is 0.0701. The Labute approximate surface area is 190 Å². The van der Waals surface area contributed by atoms with Crippen molar-refractivity contribution in [3.05, 3.63) is 59.7 Å². The van der Waals surface area contributed by atoms with Gasteiger partial charge in [0.1, 0.15) is 6.61 Å². The van der Waals surface area contributed by atoms with Crippen molar-refractivity contribution in [2.75, 3.05) is 43.6 Å². The molecule has 3 rings (SSSR count). The van der Waals surface area contributed by atoms with Gasteiger partial charge < -0.3 is 19.7 Å². The minimum absolute atomic E-state index is 0.0982. The average molecular weight is 440 g/mol. The number of ether oxygens (including phenoxy) is 2. The van der Waals surface area contributed by atoms with Crippen LogP contribution in [0.4, 0.5) is 21.0 Å². The van der Waals surface area contributed by atoms with Gasteiger partial charge in [-0.2, -0.15) is 0 Å². The number of nitrogens with one attached hydrogen (secondary N) is 1. The van der Waals surface area contributed by atoms with Crippen LogP contribution in [0.1, 0.15) is 31.4 Å². The molecule has 1 aliphatic carbocycles. The van der Waals surface area contributed by atoms with Gasteiger partial charge in [0.2, 0.25) is 0 Å². The zero-order valence-electron chi connectivity index (χ0n) is 19.2. The quantitative estimate of drug-likeness (QED) is 0.604. The number of nitrogens with zero attached hydrogens (tertiary/aromatic N) is 2. The third-order valence-electron chi connectivity index (χ3n) is 5.86. The number of carbonyl (C=O) groups excluding carboxylic acids is 2. The molecule has 0 fully saturated rings. The van der Waals surface area contributed by atoms with Crippen molar-refractivity contribution in [3.63, 3.8) is 0 Å². The lowest BCUT2D eigenvalue weighted by Gasteiger charge is -2.33. The standard InChI is InChI=1S/C25H33N3O4/c1-4-27(5-2)22-14-11-21(12-15-22)26-24(29)28(25(30)32-17-16-31-3)23-13-10-19-8-6-7-9-20(19)18-23/h6-9,11-12,14-15,23H,4-5,10,13,16-18H2,1-3H3,(H,26,29). The van der Waals surface area contributed by atoms with Crippen LogP contribution in [-0.2, 0) is 22.3 Å². The van der Waals surface area contributed by atoms with Gasteiger partial charge in [-0.15, -0.1) is 0 Å². The van der Waals surface area contributed by atoms with E-state index >= 15 is 0 Å². The Morgan fingerprint density at radius 1 is 1.00 bits per heavy atom. The predicted octanol–water partition coefficient (Wildman–Crippen LogP) is 4.71. The van der Waals surface area contributed by atoms with Gasteiger partial charge in [-0.3, -0.25) is 0 Å². The molecule has 32 heavy (non-hydrogen) atoms. The van der Waals surface area contributed by atoms with E-state index in [2.05, 4.69) is 36.2 Å². The maximum absolute atomic E-state index is 13.2. The first-order chi connectivity index (χ1) is 15.6. The summed E-state index contributed by atoms with van der Waals surface area (Å²) in [6.07, 6.45) is 1.48. The van der Waals surface area contributed by atoms with E-state index in [-0.39, 0.29) is 19.3 Å². The summed E-state index contributed by atoms with van der Waals surface area (Å²) in [6, 6.07) is 15.1. The summed E-state index contributed by atoms with van der Waals surface area (Å²) in [4.78, 5) is 29.5. The maximum Gasteiger partial charge on any atom is 0.418 e. The van der Waals surface area contributed by atoms with Gasteiger partial charge >= 0.3 is 12.1 Å². The SMILES string of the molecule is CCN(CC)c1ccc(NC(=O)N(C(=O)OCCOC)C2CCc3ccccc3C2)cc1. The zero-order chi connectivity index (χ0) is 22.9. The fourth-order valence-corrected chi connectivity index (χ4v) is 4.11. The van der Waals surface area contributed by atoms with E-state index in [4.69, 9.17) is 9.47 Å². The van der Waals surface area contributed by atoms with Crippen molar-refractivity contribution in [2.45, 2.75) is 39.2 Å². The molecular formula is C25H33N3O4. The van der Waals surface area contributed by atoms with Crippen molar-refractivity contribution >= 4 is 23.5 Å². The molecule has 0 saturated heterocycles. The van der Waals surface area contributed by atoms with Gasteiger partial charge in [0.25, 0.3) is 0 Å². The van der Waals surface area contributed by atoms with Crippen LogP contribution in [0.5, 0.6) is 0 Å². The predicted molar refractivity (Wildman–Crippen MR) is 126 cm³/mol. The molecule has 3 amide bonds. The summed E-state index contributed by atoms with van der Waals surface area (Å²) in [6.45, 7) is 6.41. The number of amides is 3. The summed E-state index contributed by atoms with van der Waals surface area (Å²) in [5, 5.41) is 2.87. The van der Waals surface area contributed by atoms with Crippen LogP contribution < -0.4 is 10.2 Å². The highest BCUT2D eigenvalue weighted by molar-refractivity contribution is 5.99. The van der Waals surface area contributed by atoms with Gasteiger partial charge in [0.05, 0.1) is 6.61 Å². The van der Waals surface area contributed by atoms with Crippen molar-refractivity contribution < 1.29 is 19.1 Å². The normalized spacial score (nSPS) is 14.9. The molecule has 172 valence electrons. The lowest BCUT2D eigenvalue weighted by atomic mass is 9.88. The monoisotopic (exact) mass is 439 g/mol. The van der Waals surface area contributed by atoms with Gasteiger partial charge in [-0.05, 0) is 68.5 Å². The van der Waals surface area contributed by atoms with Crippen LogP contribution in [0.25, 0.3) is 0 Å². The topological polar surface area (TPSA) is 71.1 Å². The molecule has 0 bridgehead atoms. The average Bonchev–Trinajstić information content (AvgIpc) is 2.81. The fraction of sp³-hybridized carbons (Fsp3) is 0.440. The van der Waals surface area contributed by atoms with Crippen molar-refractivity contribution in [2.24, 2.45) is 0 Å². The number of urea groups is 1. The molecule has 0 aliphatic heterocycles. The van der Waals surface area contributed by atoms with E-state index in [1.807, 2.05) is 36.4 Å². The van der Waals surface area contributed by atoms with Crippen LogP contribution in [0.3, 0.4) is 0 Å². The van der Waals surface area contributed by atoms with E-state index in [0.717, 1.165) is 30.8 Å². The first-order valence-electron chi connectivity index (χ1n) is 11.2.